The zero-order valence-corrected chi connectivity index (χ0v) is 9.12. The van der Waals surface area contributed by atoms with Gasteiger partial charge in [0.15, 0.2) is 0 Å². The van der Waals surface area contributed by atoms with Crippen molar-refractivity contribution in [3.8, 4) is 0 Å². The van der Waals surface area contributed by atoms with E-state index in [0.29, 0.717) is 6.54 Å². The van der Waals surface area contributed by atoms with E-state index in [2.05, 4.69) is 18.7 Å². The van der Waals surface area contributed by atoms with Crippen molar-refractivity contribution in [1.82, 2.24) is 4.90 Å². The number of Topliss-reactive ketones (excluding diaryl/α,β-unsaturated/α-hetero) is 1. The second-order valence-corrected chi connectivity index (χ2v) is 2.98. The van der Waals surface area contributed by atoms with Crippen molar-refractivity contribution < 1.29 is 4.79 Å². The van der Waals surface area contributed by atoms with Crippen LogP contribution in [-0.4, -0.2) is 30.3 Å². The average molecular weight is 194 g/mol. The van der Waals surface area contributed by atoms with E-state index in [1.165, 1.54) is 0 Å². The summed E-state index contributed by atoms with van der Waals surface area (Å²) in [6, 6.07) is 0. The number of hydrogen-bond acceptors (Lipinski definition) is 2. The first-order valence-corrected chi connectivity index (χ1v) is 4.42. The lowest BCUT2D eigenvalue weighted by Crippen LogP contribution is -2.30. The van der Waals surface area contributed by atoms with Gasteiger partial charge in [0.25, 0.3) is 0 Å². The van der Waals surface area contributed by atoms with Crippen LogP contribution in [0.3, 0.4) is 0 Å². The first kappa shape index (κ1) is 14.4. The van der Waals surface area contributed by atoms with Gasteiger partial charge in [0.2, 0.25) is 0 Å². The van der Waals surface area contributed by atoms with E-state index in [1.807, 2.05) is 0 Å². The molecule has 0 aromatic rings. The maximum atomic E-state index is 10.8. The number of hydrogen-bond donors (Lipinski definition) is 0. The predicted molar refractivity (Wildman–Crippen MR) is 55.0 cm³/mol. The van der Waals surface area contributed by atoms with Gasteiger partial charge in [0, 0.05) is 0 Å². The van der Waals surface area contributed by atoms with E-state index < -0.39 is 0 Å². The molecular weight excluding hydrogens is 174 g/mol. The molecule has 0 spiro atoms. The minimum Gasteiger partial charge on any atom is -0.299 e. The van der Waals surface area contributed by atoms with Crippen LogP contribution in [0.15, 0.2) is 0 Å². The Balaban J connectivity index is 0. The van der Waals surface area contributed by atoms with E-state index in [1.54, 1.807) is 6.92 Å². The second-order valence-electron chi connectivity index (χ2n) is 2.98. The van der Waals surface area contributed by atoms with Crippen LogP contribution >= 0.6 is 12.4 Å². The van der Waals surface area contributed by atoms with Crippen molar-refractivity contribution in [1.29, 1.82) is 0 Å². The van der Waals surface area contributed by atoms with Crippen LogP contribution in [0.25, 0.3) is 0 Å². The van der Waals surface area contributed by atoms with Crippen molar-refractivity contribution in [2.45, 2.75) is 33.6 Å². The third-order valence-corrected chi connectivity index (χ3v) is 1.53. The quantitative estimate of drug-likeness (QED) is 0.644. The highest BCUT2D eigenvalue weighted by Gasteiger charge is 2.03. The molecule has 0 saturated carbocycles. The number of halogens is 1. The number of rotatable bonds is 6. The first-order valence-electron chi connectivity index (χ1n) is 4.42. The Labute approximate surface area is 81.7 Å². The average Bonchev–Trinajstić information content (AvgIpc) is 1.87. The summed E-state index contributed by atoms with van der Waals surface area (Å²) >= 11 is 0. The Kier molecular flexibility index (Phi) is 10.8. The van der Waals surface area contributed by atoms with Gasteiger partial charge in [-0.3, -0.25) is 9.69 Å². The van der Waals surface area contributed by atoms with Gasteiger partial charge in [-0.05, 0) is 32.9 Å². The van der Waals surface area contributed by atoms with Crippen LogP contribution in [0, 0.1) is 0 Å². The zero-order valence-electron chi connectivity index (χ0n) is 8.30. The standard InChI is InChI=1S/C9H19NO.ClH/c1-4-6-10(7-5-2)8-9(3)11;/h4-8H2,1-3H3;1H. The van der Waals surface area contributed by atoms with Crippen molar-refractivity contribution in [3.63, 3.8) is 0 Å². The van der Waals surface area contributed by atoms with E-state index in [9.17, 15) is 4.79 Å². The molecule has 2 nitrogen and oxygen atoms in total. The molecule has 0 radical (unpaired) electrons. The molecule has 0 N–H and O–H groups in total. The van der Waals surface area contributed by atoms with Gasteiger partial charge in [-0.25, -0.2) is 0 Å². The predicted octanol–water partition coefficient (Wildman–Crippen LogP) is 2.12. The van der Waals surface area contributed by atoms with E-state index >= 15 is 0 Å². The van der Waals surface area contributed by atoms with Gasteiger partial charge < -0.3 is 0 Å². The number of carbonyl (C=O) groups is 1. The van der Waals surface area contributed by atoms with Crippen LogP contribution < -0.4 is 0 Å². The molecular formula is C9H20ClNO. The number of carbonyl (C=O) groups excluding carboxylic acids is 1. The van der Waals surface area contributed by atoms with Gasteiger partial charge in [-0.1, -0.05) is 13.8 Å². The molecule has 0 heterocycles. The molecule has 74 valence electrons. The lowest BCUT2D eigenvalue weighted by Gasteiger charge is -2.18. The SMILES string of the molecule is CCCN(CCC)CC(C)=O.Cl. The summed E-state index contributed by atoms with van der Waals surface area (Å²) in [6.07, 6.45) is 2.26. The molecule has 0 saturated heterocycles. The Morgan fingerprint density at radius 3 is 1.83 bits per heavy atom. The first-order chi connectivity index (χ1) is 5.20. The zero-order chi connectivity index (χ0) is 8.69. The van der Waals surface area contributed by atoms with Gasteiger partial charge in [-0.15, -0.1) is 12.4 Å². The molecule has 0 aliphatic rings. The summed E-state index contributed by atoms with van der Waals surface area (Å²) in [4.78, 5) is 13.0. The molecule has 3 heteroatoms. The molecule has 0 bridgehead atoms. The van der Waals surface area contributed by atoms with Crippen LogP contribution in [0.4, 0.5) is 0 Å². The van der Waals surface area contributed by atoms with E-state index in [-0.39, 0.29) is 18.2 Å². The second kappa shape index (κ2) is 9.01. The fraction of sp³-hybridized carbons (Fsp3) is 0.889. The van der Waals surface area contributed by atoms with Crippen molar-refractivity contribution in [2.24, 2.45) is 0 Å². The van der Waals surface area contributed by atoms with E-state index in [4.69, 9.17) is 0 Å². The van der Waals surface area contributed by atoms with Crippen molar-refractivity contribution in [3.05, 3.63) is 0 Å². The largest absolute Gasteiger partial charge is 0.299 e. The minimum absolute atomic E-state index is 0. The summed E-state index contributed by atoms with van der Waals surface area (Å²) in [7, 11) is 0. The molecule has 0 aromatic carbocycles. The molecule has 0 amide bonds. The van der Waals surface area contributed by atoms with Gasteiger partial charge in [-0.2, -0.15) is 0 Å². The molecule has 0 aromatic heterocycles. The number of ketones is 1. The normalized spacial score (nSPS) is 9.67. The summed E-state index contributed by atoms with van der Waals surface area (Å²) in [5.74, 6) is 0.270. The van der Waals surface area contributed by atoms with Crippen molar-refractivity contribution in [2.75, 3.05) is 19.6 Å². The Morgan fingerprint density at radius 1 is 1.17 bits per heavy atom. The minimum atomic E-state index is 0. The summed E-state index contributed by atoms with van der Waals surface area (Å²) in [5, 5.41) is 0. The maximum absolute atomic E-state index is 10.8. The van der Waals surface area contributed by atoms with E-state index in [0.717, 1.165) is 25.9 Å². The van der Waals surface area contributed by atoms with Crippen LogP contribution in [0.2, 0.25) is 0 Å². The molecule has 0 atom stereocenters. The molecule has 12 heavy (non-hydrogen) atoms. The highest BCUT2D eigenvalue weighted by Crippen LogP contribution is 1.93. The maximum Gasteiger partial charge on any atom is 0.143 e. The molecule has 0 fully saturated rings. The Morgan fingerprint density at radius 2 is 1.58 bits per heavy atom. The summed E-state index contributed by atoms with van der Waals surface area (Å²) in [6.45, 7) is 8.66. The van der Waals surface area contributed by atoms with Gasteiger partial charge >= 0.3 is 0 Å². The van der Waals surface area contributed by atoms with Gasteiger partial charge in [0.05, 0.1) is 6.54 Å². The topological polar surface area (TPSA) is 20.3 Å². The van der Waals surface area contributed by atoms with Gasteiger partial charge in [0.1, 0.15) is 5.78 Å². The van der Waals surface area contributed by atoms with Crippen molar-refractivity contribution >= 4 is 18.2 Å². The third kappa shape index (κ3) is 8.02. The van der Waals surface area contributed by atoms with Crippen LogP contribution in [0.5, 0.6) is 0 Å². The van der Waals surface area contributed by atoms with Crippen LogP contribution in [0.1, 0.15) is 33.6 Å². The lowest BCUT2D eigenvalue weighted by atomic mass is 10.3. The number of nitrogens with zero attached hydrogens (tertiary/aromatic N) is 1. The molecule has 0 aliphatic heterocycles. The summed E-state index contributed by atoms with van der Waals surface area (Å²) in [5.41, 5.74) is 0. The summed E-state index contributed by atoms with van der Waals surface area (Å²) < 4.78 is 0. The molecule has 0 aliphatic carbocycles. The fourth-order valence-corrected chi connectivity index (χ4v) is 1.22. The Bertz CT molecular complexity index is 111. The van der Waals surface area contributed by atoms with Crippen LogP contribution in [-0.2, 0) is 4.79 Å². The molecule has 0 rings (SSSR count). The Hall–Kier alpha value is -0.0800. The fourth-order valence-electron chi connectivity index (χ4n) is 1.22. The molecule has 0 unspecified atom stereocenters. The monoisotopic (exact) mass is 193 g/mol. The highest BCUT2D eigenvalue weighted by molar-refractivity contribution is 5.85. The highest BCUT2D eigenvalue weighted by atomic mass is 35.5. The lowest BCUT2D eigenvalue weighted by molar-refractivity contribution is -0.118. The smallest absolute Gasteiger partial charge is 0.143 e. The third-order valence-electron chi connectivity index (χ3n) is 1.53.